The Morgan fingerprint density at radius 2 is 1.64 bits per heavy atom. The van der Waals surface area contributed by atoms with E-state index in [1.807, 2.05) is 0 Å². The van der Waals surface area contributed by atoms with E-state index in [1.54, 1.807) is 0 Å². The van der Waals surface area contributed by atoms with Crippen molar-refractivity contribution < 1.29 is 5.11 Å². The number of aliphatic hydroxyl groups is 1. The van der Waals surface area contributed by atoms with E-state index in [0.717, 1.165) is 10.5 Å². The van der Waals surface area contributed by atoms with Crippen molar-refractivity contribution in [2.24, 2.45) is 11.8 Å². The van der Waals surface area contributed by atoms with Gasteiger partial charge in [0, 0.05) is 18.1 Å². The van der Waals surface area contributed by atoms with Crippen LogP contribution in [-0.2, 0) is 0 Å². The van der Waals surface area contributed by atoms with Gasteiger partial charge in [-0.3, -0.25) is 0 Å². The third-order valence-corrected chi connectivity index (χ3v) is 6.57. The smallest absolute Gasteiger partial charge is 0.0505 e. The fraction of sp³-hybridized carbons (Fsp3) is 1.00. The van der Waals surface area contributed by atoms with Crippen LogP contribution >= 0.6 is 23.5 Å². The summed E-state index contributed by atoms with van der Waals surface area (Å²) in [5.41, 5.74) is 0. The molecule has 1 aliphatic carbocycles. The molecule has 2 rings (SSSR count). The van der Waals surface area contributed by atoms with Crippen LogP contribution in [0.25, 0.3) is 0 Å². The van der Waals surface area contributed by atoms with E-state index in [2.05, 4.69) is 23.5 Å². The molecule has 1 heterocycles. The van der Waals surface area contributed by atoms with Crippen LogP contribution in [0.3, 0.4) is 0 Å². The molecular weight excluding hydrogens is 212 g/mol. The minimum Gasteiger partial charge on any atom is -0.396 e. The highest BCUT2D eigenvalue weighted by molar-refractivity contribution is 8.20. The van der Waals surface area contributed by atoms with Gasteiger partial charge in [0.1, 0.15) is 0 Å². The Balaban J connectivity index is 1.81. The van der Waals surface area contributed by atoms with E-state index in [-0.39, 0.29) is 0 Å². The lowest BCUT2D eigenvalue weighted by molar-refractivity contribution is 0.132. The first-order chi connectivity index (χ1) is 6.90. The molecule has 1 saturated heterocycles. The summed E-state index contributed by atoms with van der Waals surface area (Å²) in [7, 11) is 0. The van der Waals surface area contributed by atoms with Crippen LogP contribution in [0.5, 0.6) is 0 Å². The summed E-state index contributed by atoms with van der Waals surface area (Å²) in [5, 5.41) is 9.32. The first-order valence-electron chi connectivity index (χ1n) is 5.74. The molecule has 0 spiro atoms. The summed E-state index contributed by atoms with van der Waals surface area (Å²) in [5.74, 6) is 4.11. The molecule has 1 aliphatic heterocycles. The van der Waals surface area contributed by atoms with Gasteiger partial charge < -0.3 is 5.11 Å². The summed E-state index contributed by atoms with van der Waals surface area (Å²) >= 11 is 4.26. The van der Waals surface area contributed by atoms with Crippen molar-refractivity contribution in [1.82, 2.24) is 0 Å². The minimum atomic E-state index is 0.423. The molecule has 0 aromatic heterocycles. The monoisotopic (exact) mass is 232 g/mol. The van der Waals surface area contributed by atoms with E-state index in [1.165, 1.54) is 43.6 Å². The summed E-state index contributed by atoms with van der Waals surface area (Å²) in [6, 6.07) is 0. The highest BCUT2D eigenvalue weighted by Gasteiger charge is 2.28. The van der Waals surface area contributed by atoms with Gasteiger partial charge in [-0.1, -0.05) is 19.3 Å². The molecule has 2 fully saturated rings. The molecule has 2 aliphatic rings. The van der Waals surface area contributed by atoms with Gasteiger partial charge in [-0.15, -0.1) is 23.5 Å². The average molecular weight is 232 g/mol. The molecule has 0 aromatic rings. The Bertz CT molecular complexity index is 169. The van der Waals surface area contributed by atoms with E-state index in [0.29, 0.717) is 12.5 Å². The number of rotatable bonds is 3. The van der Waals surface area contributed by atoms with Crippen LogP contribution in [0.1, 0.15) is 32.1 Å². The summed E-state index contributed by atoms with van der Waals surface area (Å²) < 4.78 is 0.840. The Morgan fingerprint density at radius 3 is 2.29 bits per heavy atom. The van der Waals surface area contributed by atoms with Gasteiger partial charge in [0.25, 0.3) is 0 Å². The Hall–Kier alpha value is 0.660. The van der Waals surface area contributed by atoms with Crippen LogP contribution in [0.4, 0.5) is 0 Å². The molecule has 1 saturated carbocycles. The third kappa shape index (κ3) is 2.83. The van der Waals surface area contributed by atoms with Crippen molar-refractivity contribution >= 4 is 23.5 Å². The van der Waals surface area contributed by atoms with E-state index in [9.17, 15) is 5.11 Å². The maximum Gasteiger partial charge on any atom is 0.0505 e. The second-order valence-electron chi connectivity index (χ2n) is 4.39. The first kappa shape index (κ1) is 11.2. The van der Waals surface area contributed by atoms with Gasteiger partial charge in [-0.2, -0.15) is 0 Å². The Labute approximate surface area is 95.4 Å². The lowest BCUT2D eigenvalue weighted by atomic mass is 9.78. The predicted molar refractivity (Wildman–Crippen MR) is 65.9 cm³/mol. The molecule has 0 bridgehead atoms. The van der Waals surface area contributed by atoms with Crippen LogP contribution in [-0.4, -0.2) is 27.8 Å². The summed E-state index contributed by atoms with van der Waals surface area (Å²) in [6.07, 6.45) is 6.71. The van der Waals surface area contributed by atoms with E-state index in [4.69, 9.17) is 0 Å². The number of hydrogen-bond donors (Lipinski definition) is 1. The average Bonchev–Trinajstić information content (AvgIpc) is 2.71. The van der Waals surface area contributed by atoms with Crippen molar-refractivity contribution in [3.63, 3.8) is 0 Å². The molecule has 0 aromatic carbocycles. The summed E-state index contributed by atoms with van der Waals surface area (Å²) in [6.45, 7) is 0.423. The molecular formula is C11H20OS2. The molecule has 2 atom stereocenters. The van der Waals surface area contributed by atoms with Crippen LogP contribution in [0.2, 0.25) is 0 Å². The minimum absolute atomic E-state index is 0.423. The molecule has 3 heteroatoms. The van der Waals surface area contributed by atoms with Gasteiger partial charge in [-0.25, -0.2) is 0 Å². The topological polar surface area (TPSA) is 20.2 Å². The van der Waals surface area contributed by atoms with Crippen LogP contribution < -0.4 is 0 Å². The highest BCUT2D eigenvalue weighted by Crippen LogP contribution is 2.41. The van der Waals surface area contributed by atoms with E-state index < -0.39 is 0 Å². The molecule has 0 unspecified atom stereocenters. The SMILES string of the molecule is OC[C@@H]1CCCC[C@@H]1CC1SCCS1. The maximum atomic E-state index is 9.32. The van der Waals surface area contributed by atoms with Gasteiger partial charge in [0.15, 0.2) is 0 Å². The quantitative estimate of drug-likeness (QED) is 0.808. The Kier molecular flexibility index (Phi) is 4.51. The van der Waals surface area contributed by atoms with Crippen molar-refractivity contribution in [2.45, 2.75) is 36.7 Å². The summed E-state index contributed by atoms with van der Waals surface area (Å²) in [4.78, 5) is 0. The Morgan fingerprint density at radius 1 is 1.00 bits per heavy atom. The van der Waals surface area contributed by atoms with Crippen LogP contribution in [0.15, 0.2) is 0 Å². The van der Waals surface area contributed by atoms with Gasteiger partial charge in [0.2, 0.25) is 0 Å². The first-order valence-corrected chi connectivity index (χ1v) is 7.84. The zero-order chi connectivity index (χ0) is 9.80. The molecule has 82 valence electrons. The normalized spacial score (nSPS) is 34.9. The standard InChI is InChI=1S/C11H20OS2/c12-8-10-4-2-1-3-9(10)7-11-13-5-6-14-11/h9-12H,1-8H2/t9-,10+/m1/s1. The van der Waals surface area contributed by atoms with Crippen molar-refractivity contribution in [3.8, 4) is 0 Å². The lowest BCUT2D eigenvalue weighted by Crippen LogP contribution is -2.24. The van der Waals surface area contributed by atoms with Gasteiger partial charge in [0.05, 0.1) is 4.58 Å². The zero-order valence-corrected chi connectivity index (χ0v) is 10.3. The van der Waals surface area contributed by atoms with Crippen LogP contribution in [0, 0.1) is 11.8 Å². The maximum absolute atomic E-state index is 9.32. The lowest BCUT2D eigenvalue weighted by Gasteiger charge is -2.31. The fourth-order valence-electron chi connectivity index (χ4n) is 2.63. The van der Waals surface area contributed by atoms with Gasteiger partial charge in [-0.05, 0) is 24.7 Å². The zero-order valence-electron chi connectivity index (χ0n) is 8.65. The van der Waals surface area contributed by atoms with E-state index >= 15 is 0 Å². The predicted octanol–water partition coefficient (Wildman–Crippen LogP) is 2.98. The molecule has 1 N–H and O–H groups in total. The molecule has 0 radical (unpaired) electrons. The number of thioether (sulfide) groups is 2. The fourth-order valence-corrected chi connectivity index (χ4v) is 5.65. The molecule has 14 heavy (non-hydrogen) atoms. The van der Waals surface area contributed by atoms with Crippen molar-refractivity contribution in [3.05, 3.63) is 0 Å². The van der Waals surface area contributed by atoms with Gasteiger partial charge >= 0.3 is 0 Å². The third-order valence-electron chi connectivity index (χ3n) is 3.49. The largest absolute Gasteiger partial charge is 0.396 e. The highest BCUT2D eigenvalue weighted by atomic mass is 32.2. The molecule has 0 amide bonds. The second kappa shape index (κ2) is 5.66. The van der Waals surface area contributed by atoms with Crippen molar-refractivity contribution in [1.29, 1.82) is 0 Å². The number of aliphatic hydroxyl groups excluding tert-OH is 1. The van der Waals surface area contributed by atoms with Crippen molar-refractivity contribution in [2.75, 3.05) is 18.1 Å². The second-order valence-corrected chi connectivity index (χ2v) is 7.31. The number of hydrogen-bond acceptors (Lipinski definition) is 3. The molecule has 1 nitrogen and oxygen atoms in total.